The highest BCUT2D eigenvalue weighted by Gasteiger charge is 2.20. The second kappa shape index (κ2) is 6.70. The van der Waals surface area contributed by atoms with Gasteiger partial charge in [-0.15, -0.1) is 0 Å². The lowest BCUT2D eigenvalue weighted by Gasteiger charge is -2.26. The molecule has 1 aliphatic carbocycles. The van der Waals surface area contributed by atoms with Gasteiger partial charge in [0.25, 0.3) is 0 Å². The van der Waals surface area contributed by atoms with Crippen LogP contribution in [0.4, 0.5) is 0 Å². The van der Waals surface area contributed by atoms with Crippen molar-refractivity contribution in [1.29, 1.82) is 0 Å². The van der Waals surface area contributed by atoms with Gasteiger partial charge in [0.2, 0.25) is 0 Å². The Labute approximate surface area is 125 Å². The van der Waals surface area contributed by atoms with Crippen molar-refractivity contribution in [1.82, 2.24) is 5.32 Å². The van der Waals surface area contributed by atoms with Gasteiger partial charge < -0.3 is 20.5 Å². The Morgan fingerprint density at radius 1 is 1.19 bits per heavy atom. The zero-order valence-electron chi connectivity index (χ0n) is 12.3. The van der Waals surface area contributed by atoms with Crippen LogP contribution in [0.5, 0.6) is 11.5 Å². The van der Waals surface area contributed by atoms with Crippen molar-refractivity contribution in [3.8, 4) is 11.5 Å². The van der Waals surface area contributed by atoms with Crippen molar-refractivity contribution in [2.24, 2.45) is 10.7 Å². The lowest BCUT2D eigenvalue weighted by atomic mass is 9.96. The first kappa shape index (κ1) is 14.0. The summed E-state index contributed by atoms with van der Waals surface area (Å²) in [6, 6.07) is 8.18. The maximum absolute atomic E-state index is 5.96. The van der Waals surface area contributed by atoms with Gasteiger partial charge in [-0.25, -0.2) is 4.99 Å². The van der Waals surface area contributed by atoms with Crippen LogP contribution in [0.3, 0.4) is 0 Å². The molecule has 21 heavy (non-hydrogen) atoms. The summed E-state index contributed by atoms with van der Waals surface area (Å²) in [5.41, 5.74) is 5.96. The van der Waals surface area contributed by atoms with E-state index in [1.54, 1.807) is 0 Å². The van der Waals surface area contributed by atoms with E-state index in [-0.39, 0.29) is 6.10 Å². The van der Waals surface area contributed by atoms with Gasteiger partial charge in [-0.05, 0) is 25.0 Å². The lowest BCUT2D eigenvalue weighted by molar-refractivity contribution is 0.0971. The number of guanidine groups is 1. The van der Waals surface area contributed by atoms with Gasteiger partial charge in [-0.3, -0.25) is 0 Å². The van der Waals surface area contributed by atoms with Crippen molar-refractivity contribution in [2.45, 2.75) is 44.2 Å². The Morgan fingerprint density at radius 2 is 1.95 bits per heavy atom. The number of para-hydroxylation sites is 2. The van der Waals surface area contributed by atoms with E-state index in [0.29, 0.717) is 25.2 Å². The van der Waals surface area contributed by atoms with Gasteiger partial charge >= 0.3 is 0 Å². The minimum Gasteiger partial charge on any atom is -0.486 e. The average Bonchev–Trinajstić information content (AvgIpc) is 2.54. The number of nitrogens with zero attached hydrogens (tertiary/aromatic N) is 1. The maximum Gasteiger partial charge on any atom is 0.188 e. The van der Waals surface area contributed by atoms with Crippen molar-refractivity contribution in [3.63, 3.8) is 0 Å². The van der Waals surface area contributed by atoms with Crippen LogP contribution in [0.2, 0.25) is 0 Å². The number of rotatable bonds is 3. The van der Waals surface area contributed by atoms with Gasteiger partial charge in [0.15, 0.2) is 23.6 Å². The molecule has 1 unspecified atom stereocenters. The molecule has 0 aromatic heterocycles. The molecule has 1 fully saturated rings. The number of hydrogen-bond acceptors (Lipinski definition) is 3. The Balaban J connectivity index is 1.49. The number of nitrogens with two attached hydrogens (primary N) is 1. The summed E-state index contributed by atoms with van der Waals surface area (Å²) in [6.45, 7) is 1.02. The number of aliphatic imine (C=N–C) groups is 1. The fourth-order valence-electron chi connectivity index (χ4n) is 2.85. The van der Waals surface area contributed by atoms with E-state index < -0.39 is 0 Å². The van der Waals surface area contributed by atoms with Crippen LogP contribution in [-0.2, 0) is 0 Å². The molecule has 0 saturated heterocycles. The molecule has 2 aliphatic rings. The first-order valence-corrected chi connectivity index (χ1v) is 7.76. The second-order valence-electron chi connectivity index (χ2n) is 5.70. The van der Waals surface area contributed by atoms with E-state index in [0.717, 1.165) is 11.5 Å². The van der Waals surface area contributed by atoms with Crippen LogP contribution in [0.25, 0.3) is 0 Å². The molecule has 1 aliphatic heterocycles. The molecule has 114 valence electrons. The summed E-state index contributed by atoms with van der Waals surface area (Å²) in [5.74, 6) is 2.10. The smallest absolute Gasteiger partial charge is 0.188 e. The second-order valence-corrected chi connectivity index (χ2v) is 5.70. The molecule has 1 saturated carbocycles. The number of nitrogens with one attached hydrogen (secondary N) is 1. The normalized spacial score (nSPS) is 22.9. The number of benzene rings is 1. The monoisotopic (exact) mass is 289 g/mol. The van der Waals surface area contributed by atoms with E-state index in [4.69, 9.17) is 15.2 Å². The van der Waals surface area contributed by atoms with Gasteiger partial charge in [-0.2, -0.15) is 0 Å². The van der Waals surface area contributed by atoms with E-state index in [1.165, 1.54) is 32.1 Å². The number of fused-ring (bicyclic) bond motifs is 1. The highest BCUT2D eigenvalue weighted by Crippen LogP contribution is 2.30. The average molecular weight is 289 g/mol. The number of hydrogen-bond donors (Lipinski definition) is 2. The fraction of sp³-hybridized carbons (Fsp3) is 0.562. The van der Waals surface area contributed by atoms with Gasteiger partial charge in [0.1, 0.15) is 6.61 Å². The van der Waals surface area contributed by atoms with Crippen molar-refractivity contribution >= 4 is 5.96 Å². The molecule has 0 amide bonds. The predicted octanol–water partition coefficient (Wildman–Crippen LogP) is 2.06. The molecule has 3 N–H and O–H groups in total. The summed E-state index contributed by atoms with van der Waals surface area (Å²) in [5, 5.41) is 3.31. The molecule has 0 spiro atoms. The molecule has 1 atom stereocenters. The van der Waals surface area contributed by atoms with Crippen LogP contribution in [-0.4, -0.2) is 31.3 Å². The first-order valence-electron chi connectivity index (χ1n) is 7.76. The molecule has 5 heteroatoms. The molecule has 1 aromatic rings. The van der Waals surface area contributed by atoms with E-state index in [2.05, 4.69) is 10.3 Å². The third-order valence-electron chi connectivity index (χ3n) is 3.99. The summed E-state index contributed by atoms with van der Waals surface area (Å²) in [4.78, 5) is 4.39. The highest BCUT2D eigenvalue weighted by atomic mass is 16.6. The lowest BCUT2D eigenvalue weighted by Crippen LogP contribution is -2.42. The minimum atomic E-state index is -0.0772. The Hall–Kier alpha value is -1.91. The van der Waals surface area contributed by atoms with Crippen LogP contribution in [0.1, 0.15) is 32.1 Å². The zero-order chi connectivity index (χ0) is 14.5. The topological polar surface area (TPSA) is 68.9 Å². The molecular weight excluding hydrogens is 266 g/mol. The quantitative estimate of drug-likeness (QED) is 0.660. The number of ether oxygens (including phenoxy) is 2. The zero-order valence-corrected chi connectivity index (χ0v) is 12.3. The fourth-order valence-corrected chi connectivity index (χ4v) is 2.85. The SMILES string of the molecule is NC(=NCC1COc2ccccc2O1)NC1CCCCC1. The predicted molar refractivity (Wildman–Crippen MR) is 82.9 cm³/mol. The van der Waals surface area contributed by atoms with Crippen LogP contribution in [0.15, 0.2) is 29.3 Å². The Kier molecular flexibility index (Phi) is 4.48. The van der Waals surface area contributed by atoms with Crippen LogP contribution < -0.4 is 20.5 Å². The van der Waals surface area contributed by atoms with Crippen molar-refractivity contribution in [3.05, 3.63) is 24.3 Å². The van der Waals surface area contributed by atoms with Crippen molar-refractivity contribution < 1.29 is 9.47 Å². The van der Waals surface area contributed by atoms with E-state index >= 15 is 0 Å². The molecule has 1 aromatic carbocycles. The molecule has 5 nitrogen and oxygen atoms in total. The minimum absolute atomic E-state index is 0.0772. The molecule has 0 bridgehead atoms. The van der Waals surface area contributed by atoms with Crippen LogP contribution in [0, 0.1) is 0 Å². The van der Waals surface area contributed by atoms with Gasteiger partial charge in [-0.1, -0.05) is 31.4 Å². The third kappa shape index (κ3) is 3.80. The third-order valence-corrected chi connectivity index (χ3v) is 3.99. The summed E-state index contributed by atoms with van der Waals surface area (Å²) in [7, 11) is 0. The van der Waals surface area contributed by atoms with Crippen molar-refractivity contribution in [2.75, 3.05) is 13.2 Å². The summed E-state index contributed by atoms with van der Waals surface area (Å²) in [6.07, 6.45) is 6.19. The maximum atomic E-state index is 5.96. The van der Waals surface area contributed by atoms with Gasteiger partial charge in [0, 0.05) is 6.04 Å². The Bertz CT molecular complexity index is 498. The highest BCUT2D eigenvalue weighted by molar-refractivity contribution is 5.78. The summed E-state index contributed by atoms with van der Waals surface area (Å²) >= 11 is 0. The molecular formula is C16H23N3O2. The van der Waals surface area contributed by atoms with Crippen LogP contribution >= 0.6 is 0 Å². The molecule has 0 radical (unpaired) electrons. The Morgan fingerprint density at radius 3 is 2.76 bits per heavy atom. The summed E-state index contributed by atoms with van der Waals surface area (Å²) < 4.78 is 11.5. The standard InChI is InChI=1S/C16H23N3O2/c17-16(19-12-6-2-1-3-7-12)18-10-13-11-20-14-8-4-5-9-15(14)21-13/h4-5,8-9,12-13H,1-3,6-7,10-11H2,(H3,17,18,19). The first-order chi connectivity index (χ1) is 10.3. The largest absolute Gasteiger partial charge is 0.486 e. The molecule has 3 rings (SSSR count). The van der Waals surface area contributed by atoms with E-state index in [1.807, 2.05) is 24.3 Å². The van der Waals surface area contributed by atoms with Gasteiger partial charge in [0.05, 0.1) is 6.54 Å². The van der Waals surface area contributed by atoms with E-state index in [9.17, 15) is 0 Å². The molecule has 1 heterocycles.